The quantitative estimate of drug-likeness (QED) is 0.216. The van der Waals surface area contributed by atoms with Crippen LogP contribution in [0, 0.1) is 10.1 Å². The van der Waals surface area contributed by atoms with E-state index in [0.717, 1.165) is 32.1 Å². The van der Waals surface area contributed by atoms with Crippen molar-refractivity contribution in [3.8, 4) is 5.75 Å². The molecule has 3 aromatic rings. The Morgan fingerprint density at radius 1 is 1.20 bits per heavy atom. The molecule has 1 heterocycles. The Kier molecular flexibility index (Phi) is 7.19. The first-order chi connectivity index (χ1) is 16.9. The lowest BCUT2D eigenvalue weighted by atomic mass is 9.88. The van der Waals surface area contributed by atoms with Gasteiger partial charge in [-0.15, -0.1) is 0 Å². The molecule has 4 rings (SSSR count). The number of fused-ring (bicyclic) bond motifs is 1. The van der Waals surface area contributed by atoms with Gasteiger partial charge in [0.25, 0.3) is 5.56 Å². The van der Waals surface area contributed by atoms with Gasteiger partial charge in [0.1, 0.15) is 5.82 Å². The van der Waals surface area contributed by atoms with Crippen LogP contribution in [0.1, 0.15) is 56.3 Å². The first kappa shape index (κ1) is 24.1. The minimum atomic E-state index is -1.09. The van der Waals surface area contributed by atoms with E-state index in [1.54, 1.807) is 24.3 Å². The lowest BCUT2D eigenvalue weighted by Crippen LogP contribution is -2.26. The highest BCUT2D eigenvalue weighted by Gasteiger charge is 2.25. The summed E-state index contributed by atoms with van der Waals surface area (Å²) in [6.07, 6.45) is 5.29. The first-order valence-corrected chi connectivity index (χ1v) is 11.5. The summed E-state index contributed by atoms with van der Waals surface area (Å²) in [7, 11) is 1.20. The number of hydrogen-bond acceptors (Lipinski definition) is 8. The minimum Gasteiger partial charge on any atom is -0.471 e. The molecule has 182 valence electrons. The van der Waals surface area contributed by atoms with Crippen LogP contribution in [-0.4, -0.2) is 40.0 Å². The lowest BCUT2D eigenvalue weighted by Gasteiger charge is -2.22. The fraction of sp³-hybridized carbons (Fsp3) is 0.360. The molecule has 10 heteroatoms. The topological polar surface area (TPSA) is 126 Å². The molecule has 0 radical (unpaired) electrons. The second-order valence-corrected chi connectivity index (χ2v) is 8.42. The van der Waals surface area contributed by atoms with E-state index in [1.165, 1.54) is 37.1 Å². The number of ether oxygens (including phenoxy) is 2. The summed E-state index contributed by atoms with van der Waals surface area (Å²) in [5.74, 6) is -0.167. The molecule has 1 fully saturated rings. The van der Waals surface area contributed by atoms with Gasteiger partial charge in [-0.3, -0.25) is 14.9 Å². The Hall–Kier alpha value is -4.08. The van der Waals surface area contributed by atoms with E-state index in [-0.39, 0.29) is 28.5 Å². The number of aromatic nitrogens is 2. The summed E-state index contributed by atoms with van der Waals surface area (Å²) in [4.78, 5) is 41.1. The minimum absolute atomic E-state index is 0.0818. The number of nitrogens with zero attached hydrogens (tertiary/aromatic N) is 4. The fourth-order valence-electron chi connectivity index (χ4n) is 4.30. The number of nitro groups is 1. The van der Waals surface area contributed by atoms with Gasteiger partial charge in [-0.05, 0) is 38.0 Å². The van der Waals surface area contributed by atoms with Gasteiger partial charge in [0.05, 0.1) is 29.2 Å². The molecule has 0 N–H and O–H groups in total. The zero-order valence-corrected chi connectivity index (χ0v) is 19.5. The molecule has 1 atom stereocenters. The summed E-state index contributed by atoms with van der Waals surface area (Å²) in [6.45, 7) is 1.43. The number of benzene rings is 2. The highest BCUT2D eigenvalue weighted by atomic mass is 16.6. The predicted octanol–water partition coefficient (Wildman–Crippen LogP) is 4.17. The highest BCUT2D eigenvalue weighted by molar-refractivity contribution is 5.86. The number of carbonyl (C=O) groups is 1. The van der Waals surface area contributed by atoms with Crippen molar-refractivity contribution >= 4 is 28.8 Å². The Morgan fingerprint density at radius 3 is 2.66 bits per heavy atom. The number of nitro benzene ring substituents is 1. The van der Waals surface area contributed by atoms with E-state index in [4.69, 9.17) is 9.72 Å². The van der Waals surface area contributed by atoms with E-state index in [1.807, 2.05) is 6.07 Å². The van der Waals surface area contributed by atoms with Crippen molar-refractivity contribution in [1.82, 2.24) is 9.66 Å². The number of rotatable bonds is 7. The lowest BCUT2D eigenvalue weighted by molar-refractivity contribution is -0.386. The third-order valence-electron chi connectivity index (χ3n) is 6.11. The normalized spacial score (nSPS) is 15.3. The Bertz CT molecular complexity index is 1340. The molecule has 0 amide bonds. The van der Waals surface area contributed by atoms with E-state index in [0.29, 0.717) is 16.7 Å². The first-order valence-electron chi connectivity index (χ1n) is 11.5. The second kappa shape index (κ2) is 10.5. The van der Waals surface area contributed by atoms with Crippen molar-refractivity contribution in [2.24, 2.45) is 5.10 Å². The molecule has 0 unspecified atom stereocenters. The zero-order chi connectivity index (χ0) is 24.9. The summed E-state index contributed by atoms with van der Waals surface area (Å²) in [5, 5.41) is 16.5. The van der Waals surface area contributed by atoms with Crippen LogP contribution < -0.4 is 10.3 Å². The van der Waals surface area contributed by atoms with Crippen LogP contribution in [0.25, 0.3) is 10.9 Å². The Morgan fingerprint density at radius 2 is 1.94 bits per heavy atom. The van der Waals surface area contributed by atoms with Gasteiger partial charge >= 0.3 is 11.7 Å². The average Bonchev–Trinajstić information content (AvgIpc) is 2.88. The fourth-order valence-corrected chi connectivity index (χ4v) is 4.30. The van der Waals surface area contributed by atoms with Gasteiger partial charge in [0.2, 0.25) is 5.75 Å². The average molecular weight is 479 g/mol. The number of carbonyl (C=O) groups excluding carboxylic acids is 1. The molecule has 0 spiro atoms. The molecule has 0 aliphatic heterocycles. The maximum Gasteiger partial charge on any atom is 0.346 e. The zero-order valence-electron chi connectivity index (χ0n) is 19.5. The van der Waals surface area contributed by atoms with Crippen LogP contribution in [0.3, 0.4) is 0 Å². The smallest absolute Gasteiger partial charge is 0.346 e. The molecule has 1 aliphatic rings. The second-order valence-electron chi connectivity index (χ2n) is 8.42. The van der Waals surface area contributed by atoms with Crippen LogP contribution in [0.2, 0.25) is 0 Å². The number of hydrogen-bond donors (Lipinski definition) is 0. The molecular formula is C25H26N4O6. The van der Waals surface area contributed by atoms with Gasteiger partial charge in [0.15, 0.2) is 6.10 Å². The van der Waals surface area contributed by atoms with Crippen molar-refractivity contribution in [3.63, 3.8) is 0 Å². The van der Waals surface area contributed by atoms with Crippen LogP contribution >= 0.6 is 0 Å². The SMILES string of the molecule is COC(=O)[C@H](C)Oc1c(C=Nn2c(C3CCCCC3)nc3ccccc3c2=O)cccc1[N+](=O)[O-]. The molecule has 10 nitrogen and oxygen atoms in total. The molecule has 0 bridgehead atoms. The number of esters is 1. The summed E-state index contributed by atoms with van der Waals surface area (Å²) < 4.78 is 11.6. The highest BCUT2D eigenvalue weighted by Crippen LogP contribution is 2.33. The van der Waals surface area contributed by atoms with Crippen LogP contribution in [0.15, 0.2) is 52.4 Å². The van der Waals surface area contributed by atoms with Gasteiger partial charge in [-0.25, -0.2) is 9.78 Å². The van der Waals surface area contributed by atoms with Gasteiger partial charge in [-0.1, -0.05) is 37.5 Å². The molecule has 1 aliphatic carbocycles. The maximum atomic E-state index is 13.4. The molecule has 35 heavy (non-hydrogen) atoms. The van der Waals surface area contributed by atoms with Crippen molar-refractivity contribution in [1.29, 1.82) is 0 Å². The maximum absolute atomic E-state index is 13.4. The van der Waals surface area contributed by atoms with Gasteiger partial charge in [-0.2, -0.15) is 9.78 Å². The molecular weight excluding hydrogens is 452 g/mol. The van der Waals surface area contributed by atoms with Crippen molar-refractivity contribution in [2.45, 2.75) is 51.0 Å². The van der Waals surface area contributed by atoms with E-state index in [9.17, 15) is 19.7 Å². The van der Waals surface area contributed by atoms with E-state index < -0.39 is 17.0 Å². The molecule has 1 aromatic heterocycles. The molecule has 1 saturated carbocycles. The molecule has 2 aromatic carbocycles. The van der Waals surface area contributed by atoms with Crippen LogP contribution in [-0.2, 0) is 9.53 Å². The van der Waals surface area contributed by atoms with E-state index in [2.05, 4.69) is 9.84 Å². The van der Waals surface area contributed by atoms with Crippen LogP contribution in [0.5, 0.6) is 5.75 Å². The summed E-state index contributed by atoms with van der Waals surface area (Å²) in [5.41, 5.74) is 0.199. The third kappa shape index (κ3) is 5.06. The number of methoxy groups -OCH3 is 1. The Balaban J connectivity index is 1.83. The van der Waals surface area contributed by atoms with Crippen LogP contribution in [0.4, 0.5) is 5.69 Å². The standard InChI is InChI=1S/C25H26N4O6/c1-16(25(31)34-2)35-22-18(11-8-14-21(22)29(32)33)15-26-28-23(17-9-4-3-5-10-17)27-20-13-7-6-12-19(20)24(28)30/h6-8,11-17H,3-5,9-10H2,1-2H3/t16-/m0/s1. The van der Waals surface area contributed by atoms with Gasteiger partial charge in [0, 0.05) is 17.5 Å². The number of para-hydroxylation sites is 2. The van der Waals surface area contributed by atoms with Crippen molar-refractivity contribution in [3.05, 3.63) is 74.3 Å². The monoisotopic (exact) mass is 478 g/mol. The van der Waals surface area contributed by atoms with E-state index >= 15 is 0 Å². The van der Waals surface area contributed by atoms with Gasteiger partial charge < -0.3 is 9.47 Å². The van der Waals surface area contributed by atoms with Crippen molar-refractivity contribution in [2.75, 3.05) is 7.11 Å². The predicted molar refractivity (Wildman–Crippen MR) is 130 cm³/mol. The summed E-state index contributed by atoms with van der Waals surface area (Å²) in [6, 6.07) is 11.4. The third-order valence-corrected chi connectivity index (χ3v) is 6.11. The largest absolute Gasteiger partial charge is 0.471 e. The molecule has 0 saturated heterocycles. The summed E-state index contributed by atoms with van der Waals surface area (Å²) >= 11 is 0. The van der Waals surface area contributed by atoms with Crippen molar-refractivity contribution < 1.29 is 19.2 Å². The Labute approximate surface area is 201 Å².